The molecular weight excluding hydrogens is 582 g/mol. The van der Waals surface area contributed by atoms with Crippen molar-refractivity contribution in [3.05, 3.63) is 139 Å². The molecule has 8 nitrogen and oxygen atoms in total. The zero-order chi connectivity index (χ0) is 31.7. The van der Waals surface area contributed by atoms with Crippen molar-refractivity contribution in [3.63, 3.8) is 0 Å². The number of aromatic nitrogens is 5. The van der Waals surface area contributed by atoms with Crippen LogP contribution in [-0.4, -0.2) is 24.9 Å². The first-order chi connectivity index (χ1) is 23.2. The molecular formula is C39H21N7O. The van der Waals surface area contributed by atoms with E-state index in [4.69, 9.17) is 19.4 Å². The maximum Gasteiger partial charge on any atom is 0.234 e. The van der Waals surface area contributed by atoms with Crippen molar-refractivity contribution in [2.75, 3.05) is 0 Å². The van der Waals surface area contributed by atoms with Crippen molar-refractivity contribution >= 4 is 22.1 Å². The molecule has 5 aromatic carbocycles. The lowest BCUT2D eigenvalue weighted by molar-refractivity contribution is 0.663. The third kappa shape index (κ3) is 5.12. The smallest absolute Gasteiger partial charge is 0.234 e. The highest BCUT2D eigenvalue weighted by Gasteiger charge is 2.17. The quantitative estimate of drug-likeness (QED) is 0.191. The third-order valence-corrected chi connectivity index (χ3v) is 7.89. The summed E-state index contributed by atoms with van der Waals surface area (Å²) in [5, 5.41) is 19.6. The van der Waals surface area contributed by atoms with Crippen LogP contribution < -0.4 is 0 Å². The predicted octanol–water partition coefficient (Wildman–Crippen LogP) is 8.64. The van der Waals surface area contributed by atoms with E-state index >= 15 is 0 Å². The SMILES string of the molecule is N#Cc1nc(C#N)c2oc3ccc(-c4ccc(-c5cccc(-c6nc(-c7ccccc7)nc(-c7ccccc7)n6)c5)cc4)cc3c2n1. The van der Waals surface area contributed by atoms with Gasteiger partial charge in [-0.05, 0) is 40.5 Å². The molecule has 0 unspecified atom stereocenters. The van der Waals surface area contributed by atoms with Gasteiger partial charge in [-0.3, -0.25) is 0 Å². The van der Waals surface area contributed by atoms with Gasteiger partial charge in [-0.15, -0.1) is 0 Å². The predicted molar refractivity (Wildman–Crippen MR) is 179 cm³/mol. The van der Waals surface area contributed by atoms with E-state index in [2.05, 4.69) is 46.4 Å². The zero-order valence-corrected chi connectivity index (χ0v) is 24.7. The summed E-state index contributed by atoms with van der Waals surface area (Å²) in [7, 11) is 0. The zero-order valence-electron chi connectivity index (χ0n) is 24.7. The fraction of sp³-hybridized carbons (Fsp3) is 0. The van der Waals surface area contributed by atoms with Crippen molar-refractivity contribution in [2.45, 2.75) is 0 Å². The molecule has 0 saturated heterocycles. The van der Waals surface area contributed by atoms with E-state index in [0.717, 1.165) is 38.9 Å². The monoisotopic (exact) mass is 603 g/mol. The van der Waals surface area contributed by atoms with Crippen LogP contribution in [0.5, 0.6) is 0 Å². The highest BCUT2D eigenvalue weighted by atomic mass is 16.3. The van der Waals surface area contributed by atoms with Gasteiger partial charge in [0.1, 0.15) is 23.2 Å². The van der Waals surface area contributed by atoms with Crippen molar-refractivity contribution in [2.24, 2.45) is 0 Å². The Balaban J connectivity index is 1.15. The van der Waals surface area contributed by atoms with Gasteiger partial charge in [0.05, 0.1) is 0 Å². The largest absolute Gasteiger partial charge is 0.451 e. The van der Waals surface area contributed by atoms with Gasteiger partial charge in [0.25, 0.3) is 0 Å². The number of hydrogen-bond donors (Lipinski definition) is 0. The number of fused-ring (bicyclic) bond motifs is 3. The van der Waals surface area contributed by atoms with Crippen molar-refractivity contribution < 1.29 is 4.42 Å². The standard InChI is InChI=1S/C39H21N7O/c40-22-32-36-35(43-34(23-41)42-32)31-21-29(18-19-33(31)47-36)25-16-14-24(15-17-25)28-12-7-13-30(20-28)39-45-37(26-8-3-1-4-9-26)44-38(46-39)27-10-5-2-6-11-27/h1-21H. The Morgan fingerprint density at radius 1 is 0.447 bits per heavy atom. The summed E-state index contributed by atoms with van der Waals surface area (Å²) in [5.41, 5.74) is 8.07. The number of rotatable bonds is 5. The second-order valence-electron chi connectivity index (χ2n) is 10.8. The average Bonchev–Trinajstić information content (AvgIpc) is 3.53. The Morgan fingerprint density at radius 3 is 1.57 bits per heavy atom. The number of nitriles is 2. The van der Waals surface area contributed by atoms with E-state index in [-0.39, 0.29) is 17.1 Å². The molecule has 3 aromatic heterocycles. The second-order valence-corrected chi connectivity index (χ2v) is 10.8. The van der Waals surface area contributed by atoms with Crippen LogP contribution in [0, 0.1) is 22.7 Å². The Kier molecular flexibility index (Phi) is 6.72. The molecule has 0 saturated carbocycles. The van der Waals surface area contributed by atoms with E-state index < -0.39 is 0 Å². The summed E-state index contributed by atoms with van der Waals surface area (Å²) in [6.45, 7) is 0. The van der Waals surface area contributed by atoms with Crippen LogP contribution in [0.2, 0.25) is 0 Å². The summed E-state index contributed by atoms with van der Waals surface area (Å²) in [6.07, 6.45) is 0. The van der Waals surface area contributed by atoms with Gasteiger partial charge in [-0.1, -0.05) is 109 Å². The van der Waals surface area contributed by atoms with Gasteiger partial charge < -0.3 is 4.42 Å². The highest BCUT2D eigenvalue weighted by molar-refractivity contribution is 6.05. The maximum absolute atomic E-state index is 9.51. The molecule has 0 radical (unpaired) electrons. The minimum atomic E-state index is -0.0709. The van der Waals surface area contributed by atoms with Gasteiger partial charge in [0, 0.05) is 22.1 Å². The lowest BCUT2D eigenvalue weighted by Crippen LogP contribution is -2.00. The fourth-order valence-corrected chi connectivity index (χ4v) is 5.58. The minimum absolute atomic E-state index is 0.0422. The van der Waals surface area contributed by atoms with E-state index in [1.54, 1.807) is 0 Å². The van der Waals surface area contributed by atoms with Crippen LogP contribution in [-0.2, 0) is 0 Å². The molecule has 47 heavy (non-hydrogen) atoms. The van der Waals surface area contributed by atoms with Crippen LogP contribution in [0.3, 0.4) is 0 Å². The molecule has 0 amide bonds. The molecule has 0 spiro atoms. The molecule has 8 heteroatoms. The first-order valence-electron chi connectivity index (χ1n) is 14.8. The Bertz CT molecular complexity index is 2470. The van der Waals surface area contributed by atoms with E-state index in [0.29, 0.717) is 34.0 Å². The first kappa shape index (κ1) is 27.5. The van der Waals surface area contributed by atoms with Gasteiger partial charge in [0.15, 0.2) is 28.8 Å². The minimum Gasteiger partial charge on any atom is -0.451 e. The van der Waals surface area contributed by atoms with E-state index in [1.807, 2.05) is 103 Å². The molecule has 0 bridgehead atoms. The first-order valence-corrected chi connectivity index (χ1v) is 14.8. The van der Waals surface area contributed by atoms with Crippen LogP contribution in [0.4, 0.5) is 0 Å². The van der Waals surface area contributed by atoms with Crippen molar-refractivity contribution in [3.8, 4) is 68.6 Å². The van der Waals surface area contributed by atoms with Crippen molar-refractivity contribution in [1.29, 1.82) is 10.5 Å². The van der Waals surface area contributed by atoms with Gasteiger partial charge in [0.2, 0.25) is 5.82 Å². The van der Waals surface area contributed by atoms with Gasteiger partial charge in [-0.2, -0.15) is 10.5 Å². The fourth-order valence-electron chi connectivity index (χ4n) is 5.58. The molecule has 8 rings (SSSR count). The van der Waals surface area contributed by atoms with Crippen molar-refractivity contribution in [1.82, 2.24) is 24.9 Å². The molecule has 0 aliphatic carbocycles. The Labute approximate surface area is 268 Å². The molecule has 0 aliphatic heterocycles. The summed E-state index contributed by atoms with van der Waals surface area (Å²) in [5.74, 6) is 1.76. The molecule has 3 heterocycles. The highest BCUT2D eigenvalue weighted by Crippen LogP contribution is 2.34. The molecule has 0 N–H and O–H groups in total. The number of furan rings is 1. The number of hydrogen-bond acceptors (Lipinski definition) is 8. The Morgan fingerprint density at radius 2 is 0.979 bits per heavy atom. The lowest BCUT2D eigenvalue weighted by Gasteiger charge is -2.10. The molecule has 218 valence electrons. The van der Waals surface area contributed by atoms with Crippen LogP contribution in [0.25, 0.3) is 78.5 Å². The third-order valence-electron chi connectivity index (χ3n) is 7.89. The topological polar surface area (TPSA) is 125 Å². The molecule has 8 aromatic rings. The number of nitrogens with zero attached hydrogens (tertiary/aromatic N) is 7. The Hall–Kier alpha value is -7.03. The number of benzene rings is 5. The molecule has 0 atom stereocenters. The molecule has 0 fully saturated rings. The summed E-state index contributed by atoms with van der Waals surface area (Å²) in [4.78, 5) is 22.9. The summed E-state index contributed by atoms with van der Waals surface area (Å²) in [6, 6.07) is 46.0. The second kappa shape index (κ2) is 11.5. The summed E-state index contributed by atoms with van der Waals surface area (Å²) >= 11 is 0. The van der Waals surface area contributed by atoms with Crippen LogP contribution in [0.15, 0.2) is 132 Å². The van der Waals surface area contributed by atoms with Gasteiger partial charge >= 0.3 is 0 Å². The van der Waals surface area contributed by atoms with E-state index in [1.165, 1.54) is 0 Å². The lowest BCUT2D eigenvalue weighted by atomic mass is 9.98. The van der Waals surface area contributed by atoms with Crippen LogP contribution in [0.1, 0.15) is 11.5 Å². The average molecular weight is 604 g/mol. The van der Waals surface area contributed by atoms with E-state index in [9.17, 15) is 10.5 Å². The maximum atomic E-state index is 9.51. The normalized spacial score (nSPS) is 10.9. The van der Waals surface area contributed by atoms with Crippen LogP contribution >= 0.6 is 0 Å². The van der Waals surface area contributed by atoms with Gasteiger partial charge in [-0.25, -0.2) is 24.9 Å². The molecule has 0 aliphatic rings. The summed E-state index contributed by atoms with van der Waals surface area (Å²) < 4.78 is 5.88.